The van der Waals surface area contributed by atoms with Crippen molar-refractivity contribution in [3.63, 3.8) is 0 Å². The fourth-order valence-corrected chi connectivity index (χ4v) is 5.66. The Hall–Kier alpha value is -4.62. The number of hydrogen-bond donors (Lipinski definition) is 2. The summed E-state index contributed by atoms with van der Waals surface area (Å²) in [5.41, 5.74) is 8.41. The lowest BCUT2D eigenvalue weighted by Crippen LogP contribution is -2.48. The van der Waals surface area contributed by atoms with Crippen molar-refractivity contribution in [2.75, 3.05) is 12.4 Å². The number of nitrogens with one attached hydrogen (secondary N) is 1. The first kappa shape index (κ1) is 27.0. The maximum Gasteiger partial charge on any atom is 0.323 e. The number of anilines is 1. The standard InChI is InChI=1S/C32H28ClN3O4/c1-40-25-18-14-21(15-19-25)28-27(30(37)22-8-4-2-5-9-22)26(20-12-16-23(33)17-13-20)29(31(34)38)36(28)32(39)35-24-10-6-3-7-11-24/h2-19,26-29H,1H3,(H2,34,38)(H,35,39). The molecule has 3 amide bonds. The fourth-order valence-electron chi connectivity index (χ4n) is 5.53. The zero-order chi connectivity index (χ0) is 28.2. The monoisotopic (exact) mass is 553 g/mol. The van der Waals surface area contributed by atoms with Crippen LogP contribution in [-0.4, -0.2) is 35.8 Å². The zero-order valence-electron chi connectivity index (χ0n) is 21.7. The summed E-state index contributed by atoms with van der Waals surface area (Å²) in [5.74, 6) is -1.88. The van der Waals surface area contributed by atoms with Gasteiger partial charge in [0, 0.05) is 22.2 Å². The molecule has 0 aliphatic carbocycles. The van der Waals surface area contributed by atoms with E-state index in [4.69, 9.17) is 22.1 Å². The number of nitrogens with two attached hydrogens (primary N) is 1. The van der Waals surface area contributed by atoms with Crippen LogP contribution in [0.25, 0.3) is 0 Å². The van der Waals surface area contributed by atoms with Gasteiger partial charge in [0.2, 0.25) is 5.91 Å². The Kier molecular flexibility index (Phi) is 7.84. The molecule has 4 atom stereocenters. The number of urea groups is 1. The molecule has 7 nitrogen and oxygen atoms in total. The van der Waals surface area contributed by atoms with Crippen LogP contribution in [0, 0.1) is 5.92 Å². The number of methoxy groups -OCH3 is 1. The number of Topliss-reactive ketones (excluding diaryl/α,β-unsaturated/α-hetero) is 1. The van der Waals surface area contributed by atoms with Crippen LogP contribution in [0.4, 0.5) is 10.5 Å². The predicted octanol–water partition coefficient (Wildman–Crippen LogP) is 6.07. The number of amides is 3. The van der Waals surface area contributed by atoms with Crippen molar-refractivity contribution in [2.45, 2.75) is 18.0 Å². The van der Waals surface area contributed by atoms with Gasteiger partial charge in [-0.1, -0.05) is 84.4 Å². The predicted molar refractivity (Wildman–Crippen MR) is 154 cm³/mol. The highest BCUT2D eigenvalue weighted by atomic mass is 35.5. The van der Waals surface area contributed by atoms with Crippen LogP contribution >= 0.6 is 11.6 Å². The molecule has 40 heavy (non-hydrogen) atoms. The van der Waals surface area contributed by atoms with Gasteiger partial charge in [0.25, 0.3) is 0 Å². The molecule has 1 aliphatic rings. The Bertz CT molecular complexity index is 1500. The van der Waals surface area contributed by atoms with Crippen molar-refractivity contribution < 1.29 is 19.1 Å². The summed E-state index contributed by atoms with van der Waals surface area (Å²) in [5, 5.41) is 3.40. The zero-order valence-corrected chi connectivity index (χ0v) is 22.5. The second-order valence-electron chi connectivity index (χ2n) is 9.60. The lowest BCUT2D eigenvalue weighted by Gasteiger charge is -2.31. The first-order valence-electron chi connectivity index (χ1n) is 12.8. The van der Waals surface area contributed by atoms with Gasteiger partial charge >= 0.3 is 6.03 Å². The minimum Gasteiger partial charge on any atom is -0.497 e. The topological polar surface area (TPSA) is 102 Å². The van der Waals surface area contributed by atoms with E-state index in [2.05, 4.69) is 5.32 Å². The number of carbonyl (C=O) groups is 3. The largest absolute Gasteiger partial charge is 0.497 e. The van der Waals surface area contributed by atoms with Crippen LogP contribution in [0.1, 0.15) is 33.4 Å². The smallest absolute Gasteiger partial charge is 0.323 e. The van der Waals surface area contributed by atoms with Crippen LogP contribution in [0.2, 0.25) is 5.02 Å². The second-order valence-corrected chi connectivity index (χ2v) is 10.0. The molecular weight excluding hydrogens is 526 g/mol. The van der Waals surface area contributed by atoms with Crippen LogP contribution < -0.4 is 15.8 Å². The van der Waals surface area contributed by atoms with E-state index in [0.717, 1.165) is 0 Å². The Morgan fingerprint density at radius 3 is 1.95 bits per heavy atom. The third-order valence-corrected chi connectivity index (χ3v) is 7.54. The molecule has 202 valence electrons. The quantitative estimate of drug-likeness (QED) is 0.271. The number of nitrogens with zero attached hydrogens (tertiary/aromatic N) is 1. The number of carbonyl (C=O) groups excluding carboxylic acids is 3. The Balaban J connectivity index is 1.72. The van der Waals surface area contributed by atoms with E-state index in [1.54, 1.807) is 104 Å². The number of halogens is 1. The van der Waals surface area contributed by atoms with Crippen molar-refractivity contribution in [1.29, 1.82) is 0 Å². The van der Waals surface area contributed by atoms with Crippen molar-refractivity contribution in [1.82, 2.24) is 4.90 Å². The summed E-state index contributed by atoms with van der Waals surface area (Å²) in [4.78, 5) is 43.0. The lowest BCUT2D eigenvalue weighted by atomic mass is 9.76. The molecule has 0 aromatic heterocycles. The summed E-state index contributed by atoms with van der Waals surface area (Å²) >= 11 is 6.19. The average Bonchev–Trinajstić information content (AvgIpc) is 3.35. The summed E-state index contributed by atoms with van der Waals surface area (Å²) in [7, 11) is 1.56. The van der Waals surface area contributed by atoms with Crippen molar-refractivity contribution in [2.24, 2.45) is 11.7 Å². The van der Waals surface area contributed by atoms with Crippen LogP contribution in [0.3, 0.4) is 0 Å². The SMILES string of the molecule is COc1ccc(C2C(C(=O)c3ccccc3)C(c3ccc(Cl)cc3)C(C(N)=O)N2C(=O)Nc2ccccc2)cc1. The van der Waals surface area contributed by atoms with Gasteiger partial charge in [-0.2, -0.15) is 0 Å². The summed E-state index contributed by atoms with van der Waals surface area (Å²) in [6.45, 7) is 0. The Morgan fingerprint density at radius 1 is 0.800 bits per heavy atom. The fraction of sp³-hybridized carbons (Fsp3) is 0.156. The third kappa shape index (κ3) is 5.28. The van der Waals surface area contributed by atoms with Gasteiger partial charge in [-0.15, -0.1) is 0 Å². The minimum atomic E-state index is -1.13. The summed E-state index contributed by atoms with van der Waals surface area (Å²) in [6, 6.07) is 29.4. The van der Waals surface area contributed by atoms with Gasteiger partial charge in [-0.3, -0.25) is 9.59 Å². The maximum absolute atomic E-state index is 14.3. The number of ketones is 1. The minimum absolute atomic E-state index is 0.206. The van der Waals surface area contributed by atoms with E-state index in [1.807, 2.05) is 12.1 Å². The number of benzene rings is 4. The normalized spacial score (nSPS) is 20.1. The van der Waals surface area contributed by atoms with E-state index >= 15 is 0 Å². The molecule has 4 aromatic carbocycles. The number of para-hydroxylation sites is 1. The average molecular weight is 554 g/mol. The Labute approximate surface area is 237 Å². The molecular formula is C32H28ClN3O4. The van der Waals surface area contributed by atoms with Crippen LogP contribution in [-0.2, 0) is 4.79 Å². The molecule has 4 aromatic rings. The number of rotatable bonds is 7. The van der Waals surface area contributed by atoms with E-state index in [0.29, 0.717) is 33.1 Å². The number of likely N-dealkylation sites (tertiary alicyclic amines) is 1. The molecule has 5 rings (SSSR count). The van der Waals surface area contributed by atoms with Crippen molar-refractivity contribution in [3.8, 4) is 5.75 Å². The summed E-state index contributed by atoms with van der Waals surface area (Å²) in [6.07, 6.45) is 0. The molecule has 1 aliphatic heterocycles. The first-order chi connectivity index (χ1) is 19.4. The second kappa shape index (κ2) is 11.6. The molecule has 0 bridgehead atoms. The van der Waals surface area contributed by atoms with E-state index in [1.165, 1.54) is 4.90 Å². The van der Waals surface area contributed by atoms with Gasteiger partial charge < -0.3 is 20.7 Å². The van der Waals surface area contributed by atoms with E-state index in [-0.39, 0.29) is 5.78 Å². The molecule has 0 radical (unpaired) electrons. The highest BCUT2D eigenvalue weighted by Gasteiger charge is 2.57. The molecule has 1 fully saturated rings. The van der Waals surface area contributed by atoms with Gasteiger partial charge in [-0.25, -0.2) is 4.79 Å². The number of hydrogen-bond acceptors (Lipinski definition) is 4. The molecule has 1 saturated heterocycles. The molecule has 3 N–H and O–H groups in total. The molecule has 1 heterocycles. The van der Waals surface area contributed by atoms with E-state index < -0.39 is 35.9 Å². The first-order valence-corrected chi connectivity index (χ1v) is 13.2. The van der Waals surface area contributed by atoms with Crippen LogP contribution in [0.5, 0.6) is 5.75 Å². The highest BCUT2D eigenvalue weighted by Crippen LogP contribution is 2.51. The van der Waals surface area contributed by atoms with Gasteiger partial charge in [0.05, 0.1) is 19.1 Å². The molecule has 4 unspecified atom stereocenters. The van der Waals surface area contributed by atoms with Crippen molar-refractivity contribution >= 4 is 35.0 Å². The third-order valence-electron chi connectivity index (χ3n) is 7.29. The maximum atomic E-state index is 14.3. The number of ether oxygens (including phenoxy) is 1. The van der Waals surface area contributed by atoms with Gasteiger partial charge in [0.15, 0.2) is 5.78 Å². The highest BCUT2D eigenvalue weighted by molar-refractivity contribution is 6.30. The molecule has 0 saturated carbocycles. The van der Waals surface area contributed by atoms with E-state index in [9.17, 15) is 14.4 Å². The van der Waals surface area contributed by atoms with Gasteiger partial charge in [0.1, 0.15) is 11.8 Å². The Morgan fingerprint density at radius 2 is 1.38 bits per heavy atom. The molecule has 0 spiro atoms. The summed E-state index contributed by atoms with van der Waals surface area (Å²) < 4.78 is 5.34. The van der Waals surface area contributed by atoms with Gasteiger partial charge in [-0.05, 0) is 47.5 Å². The molecule has 8 heteroatoms. The lowest BCUT2D eigenvalue weighted by molar-refractivity contribution is -0.122. The number of primary amides is 1. The van der Waals surface area contributed by atoms with Crippen molar-refractivity contribution in [3.05, 3.63) is 131 Å². The van der Waals surface area contributed by atoms with Crippen LogP contribution in [0.15, 0.2) is 109 Å².